The molecule has 2 amide bonds. The Bertz CT molecular complexity index is 303. The third kappa shape index (κ3) is 2.49. The van der Waals surface area contributed by atoms with Gasteiger partial charge >= 0.3 is 0 Å². The quantitative estimate of drug-likeness (QED) is 0.514. The van der Waals surface area contributed by atoms with Crippen LogP contribution in [-0.2, 0) is 19.2 Å². The van der Waals surface area contributed by atoms with E-state index in [1.807, 2.05) is 6.92 Å². The summed E-state index contributed by atoms with van der Waals surface area (Å²) in [6.07, 6.45) is 0. The molecule has 1 atom stereocenters. The number of hydrogen-bond acceptors (Lipinski definition) is 5. The van der Waals surface area contributed by atoms with Crippen LogP contribution in [0.25, 0.3) is 0 Å². The first-order valence-electron chi connectivity index (χ1n) is 5.15. The van der Waals surface area contributed by atoms with E-state index >= 15 is 0 Å². The van der Waals surface area contributed by atoms with Gasteiger partial charge in [0, 0.05) is 13.1 Å². The minimum Gasteiger partial charge on any atom is -0.363 e. The Hall–Kier alpha value is -1.18. The molecule has 2 fully saturated rings. The van der Waals surface area contributed by atoms with Crippen LogP contribution in [-0.4, -0.2) is 49.8 Å². The van der Waals surface area contributed by atoms with Crippen molar-refractivity contribution in [2.45, 2.75) is 18.6 Å². The van der Waals surface area contributed by atoms with Crippen LogP contribution in [0.2, 0.25) is 0 Å². The summed E-state index contributed by atoms with van der Waals surface area (Å²) in [5.41, 5.74) is 1.91. The Morgan fingerprint density at radius 3 is 2.94 bits per heavy atom. The van der Waals surface area contributed by atoms with Gasteiger partial charge in [0.25, 0.3) is 5.91 Å². The zero-order chi connectivity index (χ0) is 11.6. The van der Waals surface area contributed by atoms with Crippen molar-refractivity contribution in [1.82, 2.24) is 16.1 Å². The fourth-order valence-corrected chi connectivity index (χ4v) is 1.51. The lowest BCUT2D eigenvalue weighted by Gasteiger charge is -2.38. The number of nitrogens with one attached hydrogen (secondary N) is 3. The number of rotatable bonds is 4. The molecule has 0 spiro atoms. The number of amides is 2. The maximum Gasteiger partial charge on any atom is 0.268 e. The van der Waals surface area contributed by atoms with E-state index in [4.69, 9.17) is 4.74 Å². The Morgan fingerprint density at radius 2 is 2.44 bits per heavy atom. The Kier molecular flexibility index (Phi) is 3.08. The fraction of sp³-hybridized carbons (Fsp3) is 0.778. The van der Waals surface area contributed by atoms with Crippen molar-refractivity contribution in [2.75, 3.05) is 26.3 Å². The summed E-state index contributed by atoms with van der Waals surface area (Å²) in [5.74, 6) is -0.636. The number of hydroxylamine groups is 1. The number of carbonyl (C=O) groups is 2. The lowest BCUT2D eigenvalue weighted by molar-refractivity contribution is -0.138. The molecule has 0 aliphatic carbocycles. The predicted molar refractivity (Wildman–Crippen MR) is 53.3 cm³/mol. The van der Waals surface area contributed by atoms with Crippen molar-refractivity contribution in [3.63, 3.8) is 0 Å². The van der Waals surface area contributed by atoms with E-state index in [0.29, 0.717) is 0 Å². The average molecular weight is 229 g/mol. The molecule has 2 aliphatic rings. The van der Waals surface area contributed by atoms with Gasteiger partial charge in [-0.15, -0.1) is 0 Å². The SMILES string of the molecule is CC1(OCC(=O)N[C@@H]2CONC2=O)CNC1. The molecule has 0 radical (unpaired) electrons. The summed E-state index contributed by atoms with van der Waals surface area (Å²) in [6, 6.07) is -0.608. The van der Waals surface area contributed by atoms with Crippen molar-refractivity contribution >= 4 is 11.8 Å². The molecule has 16 heavy (non-hydrogen) atoms. The highest BCUT2D eigenvalue weighted by Crippen LogP contribution is 2.14. The maximum atomic E-state index is 11.4. The van der Waals surface area contributed by atoms with Gasteiger partial charge in [-0.25, -0.2) is 5.48 Å². The van der Waals surface area contributed by atoms with Crippen LogP contribution < -0.4 is 16.1 Å². The molecule has 2 rings (SSSR count). The first-order valence-corrected chi connectivity index (χ1v) is 5.15. The molecular weight excluding hydrogens is 214 g/mol. The lowest BCUT2D eigenvalue weighted by atomic mass is 10.0. The van der Waals surface area contributed by atoms with Crippen LogP contribution in [0.4, 0.5) is 0 Å². The van der Waals surface area contributed by atoms with Gasteiger partial charge in [-0.05, 0) is 6.92 Å². The second kappa shape index (κ2) is 4.36. The van der Waals surface area contributed by atoms with E-state index in [2.05, 4.69) is 21.0 Å². The fourth-order valence-electron chi connectivity index (χ4n) is 1.51. The number of ether oxygens (including phenoxy) is 1. The summed E-state index contributed by atoms with van der Waals surface area (Å²) in [4.78, 5) is 27.2. The van der Waals surface area contributed by atoms with E-state index in [9.17, 15) is 9.59 Å². The van der Waals surface area contributed by atoms with Crippen LogP contribution in [0.5, 0.6) is 0 Å². The van der Waals surface area contributed by atoms with Gasteiger partial charge in [0.1, 0.15) is 19.3 Å². The molecule has 2 heterocycles. The monoisotopic (exact) mass is 229 g/mol. The first-order chi connectivity index (χ1) is 7.59. The Morgan fingerprint density at radius 1 is 1.69 bits per heavy atom. The topological polar surface area (TPSA) is 88.7 Å². The minimum atomic E-state index is -0.608. The molecule has 7 heteroatoms. The van der Waals surface area contributed by atoms with Crippen molar-refractivity contribution in [3.8, 4) is 0 Å². The second-order valence-corrected chi connectivity index (χ2v) is 4.24. The maximum absolute atomic E-state index is 11.4. The summed E-state index contributed by atoms with van der Waals surface area (Å²) in [6.45, 7) is 3.54. The summed E-state index contributed by atoms with van der Waals surface area (Å²) in [5, 5.41) is 5.59. The molecule has 0 unspecified atom stereocenters. The standard InChI is InChI=1S/C9H15N3O4/c1-9(4-10-5-9)15-3-7(13)11-6-2-16-12-8(6)14/h6,10H,2-5H2,1H3,(H,11,13)(H,12,14)/t6-/m1/s1. The molecule has 0 aromatic rings. The first kappa shape index (κ1) is 11.3. The van der Waals surface area contributed by atoms with E-state index < -0.39 is 6.04 Å². The van der Waals surface area contributed by atoms with E-state index in [-0.39, 0.29) is 30.6 Å². The smallest absolute Gasteiger partial charge is 0.268 e. The Balaban J connectivity index is 1.70. The Labute approximate surface area is 92.8 Å². The molecule has 0 saturated carbocycles. The largest absolute Gasteiger partial charge is 0.363 e. The third-order valence-electron chi connectivity index (χ3n) is 2.62. The van der Waals surface area contributed by atoms with Gasteiger partial charge in [-0.3, -0.25) is 14.4 Å². The molecular formula is C9H15N3O4. The van der Waals surface area contributed by atoms with Crippen molar-refractivity contribution in [3.05, 3.63) is 0 Å². The van der Waals surface area contributed by atoms with Gasteiger partial charge in [0.2, 0.25) is 5.91 Å². The predicted octanol–water partition coefficient (Wildman–Crippen LogP) is -2.09. The zero-order valence-electron chi connectivity index (χ0n) is 9.04. The summed E-state index contributed by atoms with van der Waals surface area (Å²) < 4.78 is 5.43. The highest BCUT2D eigenvalue weighted by atomic mass is 16.7. The van der Waals surface area contributed by atoms with Crippen LogP contribution in [0.3, 0.4) is 0 Å². The van der Waals surface area contributed by atoms with Gasteiger partial charge < -0.3 is 15.4 Å². The van der Waals surface area contributed by atoms with Gasteiger partial charge in [0.05, 0.1) is 5.60 Å². The highest BCUT2D eigenvalue weighted by molar-refractivity contribution is 5.88. The van der Waals surface area contributed by atoms with Gasteiger partial charge in [-0.1, -0.05) is 0 Å². The molecule has 2 aliphatic heterocycles. The molecule has 7 nitrogen and oxygen atoms in total. The van der Waals surface area contributed by atoms with E-state index in [0.717, 1.165) is 13.1 Å². The molecule has 90 valence electrons. The molecule has 0 bridgehead atoms. The van der Waals surface area contributed by atoms with Crippen molar-refractivity contribution < 1.29 is 19.2 Å². The number of carbonyl (C=O) groups excluding carboxylic acids is 2. The average Bonchev–Trinajstić information content (AvgIpc) is 2.59. The molecule has 0 aromatic carbocycles. The third-order valence-corrected chi connectivity index (χ3v) is 2.62. The summed E-state index contributed by atoms with van der Waals surface area (Å²) >= 11 is 0. The van der Waals surface area contributed by atoms with Crippen LogP contribution in [0.15, 0.2) is 0 Å². The normalized spacial score (nSPS) is 27.1. The summed E-state index contributed by atoms with van der Waals surface area (Å²) in [7, 11) is 0. The van der Waals surface area contributed by atoms with Crippen LogP contribution in [0, 0.1) is 0 Å². The molecule has 3 N–H and O–H groups in total. The number of hydrogen-bond donors (Lipinski definition) is 3. The van der Waals surface area contributed by atoms with Crippen LogP contribution in [0.1, 0.15) is 6.92 Å². The van der Waals surface area contributed by atoms with Crippen molar-refractivity contribution in [1.29, 1.82) is 0 Å². The van der Waals surface area contributed by atoms with Gasteiger partial charge in [0.15, 0.2) is 0 Å². The van der Waals surface area contributed by atoms with E-state index in [1.54, 1.807) is 0 Å². The second-order valence-electron chi connectivity index (χ2n) is 4.24. The van der Waals surface area contributed by atoms with Crippen LogP contribution >= 0.6 is 0 Å². The molecule has 2 saturated heterocycles. The highest BCUT2D eigenvalue weighted by Gasteiger charge is 2.34. The van der Waals surface area contributed by atoms with Gasteiger partial charge in [-0.2, -0.15) is 0 Å². The molecule has 0 aromatic heterocycles. The van der Waals surface area contributed by atoms with Crippen molar-refractivity contribution in [2.24, 2.45) is 0 Å². The minimum absolute atomic E-state index is 0.0397. The lowest BCUT2D eigenvalue weighted by Crippen LogP contribution is -2.60. The zero-order valence-corrected chi connectivity index (χ0v) is 9.04. The van der Waals surface area contributed by atoms with E-state index in [1.165, 1.54) is 0 Å².